The number of hydrogen-bond donors (Lipinski definition) is 1. The zero-order valence-corrected chi connectivity index (χ0v) is 21.7. The molecule has 2 aromatic carbocycles. The second kappa shape index (κ2) is 11.3. The van der Waals surface area contributed by atoms with Gasteiger partial charge in [-0.25, -0.2) is 4.98 Å². The van der Waals surface area contributed by atoms with Crippen LogP contribution in [0.15, 0.2) is 47.5 Å². The second-order valence-corrected chi connectivity index (χ2v) is 10.8. The van der Waals surface area contributed by atoms with Gasteiger partial charge in [0.05, 0.1) is 21.0 Å². The van der Waals surface area contributed by atoms with Crippen molar-refractivity contribution < 1.29 is 4.79 Å². The summed E-state index contributed by atoms with van der Waals surface area (Å²) < 4.78 is 1.02. The minimum Gasteiger partial charge on any atom is -0.349 e. The zero-order valence-electron chi connectivity index (χ0n) is 19.3. The predicted octanol–water partition coefficient (Wildman–Crippen LogP) is 7.09. The summed E-state index contributed by atoms with van der Waals surface area (Å²) in [4.78, 5) is 19.6. The number of carbonyl (C=O) groups is 1. The molecular formula is C26H27ClN4OS2. The third-order valence-corrected chi connectivity index (χ3v) is 8.67. The molecule has 1 fully saturated rings. The average Bonchev–Trinajstić information content (AvgIpc) is 3.29. The number of allylic oxidation sites excluding steroid dienone is 1. The molecule has 0 radical (unpaired) electrons. The van der Waals surface area contributed by atoms with Gasteiger partial charge in [-0.1, -0.05) is 60.8 Å². The van der Waals surface area contributed by atoms with E-state index >= 15 is 0 Å². The van der Waals surface area contributed by atoms with Crippen LogP contribution in [0.3, 0.4) is 0 Å². The monoisotopic (exact) mass is 510 g/mol. The number of thioether (sulfide) groups is 1. The minimum atomic E-state index is 0.0700. The molecule has 0 bridgehead atoms. The molecule has 1 saturated carbocycles. The number of rotatable bonds is 7. The Hall–Kier alpha value is -2.53. The van der Waals surface area contributed by atoms with Gasteiger partial charge in [-0.2, -0.15) is 5.26 Å². The van der Waals surface area contributed by atoms with E-state index in [-0.39, 0.29) is 11.7 Å². The van der Waals surface area contributed by atoms with E-state index in [0.717, 1.165) is 34.3 Å². The molecule has 8 heteroatoms. The molecule has 3 aromatic rings. The van der Waals surface area contributed by atoms with Crippen LogP contribution in [0.1, 0.15) is 42.7 Å². The van der Waals surface area contributed by atoms with Gasteiger partial charge in [0.1, 0.15) is 16.6 Å². The van der Waals surface area contributed by atoms with Crippen LogP contribution in [0, 0.1) is 18.3 Å². The van der Waals surface area contributed by atoms with E-state index in [4.69, 9.17) is 11.6 Å². The van der Waals surface area contributed by atoms with Gasteiger partial charge in [0.15, 0.2) is 0 Å². The van der Waals surface area contributed by atoms with Crippen molar-refractivity contribution in [3.8, 4) is 6.07 Å². The molecule has 1 N–H and O–H groups in total. The topological polar surface area (TPSA) is 69.0 Å². The molecule has 1 aromatic heterocycles. The summed E-state index contributed by atoms with van der Waals surface area (Å²) in [5.74, 6) is 0.311. The van der Waals surface area contributed by atoms with Crippen molar-refractivity contribution in [3.63, 3.8) is 0 Å². The highest BCUT2D eigenvalue weighted by Crippen LogP contribution is 2.35. The Kier molecular flexibility index (Phi) is 8.15. The fourth-order valence-corrected chi connectivity index (χ4v) is 6.26. The Balaban J connectivity index is 1.65. The summed E-state index contributed by atoms with van der Waals surface area (Å²) >= 11 is 9.16. The van der Waals surface area contributed by atoms with Crippen LogP contribution in [-0.2, 0) is 4.79 Å². The predicted molar refractivity (Wildman–Crippen MR) is 144 cm³/mol. The van der Waals surface area contributed by atoms with Crippen molar-refractivity contribution in [3.05, 3.63) is 63.1 Å². The molecule has 0 aliphatic heterocycles. The van der Waals surface area contributed by atoms with E-state index in [1.54, 1.807) is 0 Å². The molecule has 4 rings (SSSR count). The normalized spacial score (nSPS) is 15.0. The molecule has 176 valence electrons. The standard InChI is InChI=1S/C26H27ClN4OS2/c1-17-20(27)11-8-13-21(17)29-25(33-16-24(32)31(2)18-9-4-3-5-10-18)19(15-28)26-30-22-12-6-7-14-23(22)34-26/h6-8,11-14,18,29H,3-5,9-10,16H2,1-2H3/b25-19-. The SMILES string of the molecule is Cc1c(Cl)cccc1N/C(SCC(=O)N(C)C1CCCCC1)=C(\C#N)c1nc2ccccc2s1. The molecule has 1 aliphatic carbocycles. The van der Waals surface area contributed by atoms with Gasteiger partial charge in [-0.05, 0) is 49.6 Å². The number of aromatic nitrogens is 1. The van der Waals surface area contributed by atoms with E-state index < -0.39 is 0 Å². The van der Waals surface area contributed by atoms with Crippen LogP contribution >= 0.6 is 34.7 Å². The molecule has 0 spiro atoms. The van der Waals surface area contributed by atoms with Crippen molar-refractivity contribution >= 4 is 62.1 Å². The van der Waals surface area contributed by atoms with Crippen LogP contribution in [0.2, 0.25) is 5.02 Å². The highest BCUT2D eigenvalue weighted by atomic mass is 35.5. The minimum absolute atomic E-state index is 0.0700. The molecule has 1 heterocycles. The number of benzene rings is 2. The zero-order chi connectivity index (χ0) is 24.1. The number of nitrogens with one attached hydrogen (secondary N) is 1. The van der Waals surface area contributed by atoms with Crippen molar-refractivity contribution in [1.82, 2.24) is 9.88 Å². The Bertz CT molecular complexity index is 1220. The number of para-hydroxylation sites is 1. The van der Waals surface area contributed by atoms with Gasteiger partial charge in [0.25, 0.3) is 0 Å². The van der Waals surface area contributed by atoms with E-state index in [0.29, 0.717) is 26.7 Å². The van der Waals surface area contributed by atoms with Crippen LogP contribution < -0.4 is 5.32 Å². The number of amides is 1. The number of nitrogens with zero attached hydrogens (tertiary/aromatic N) is 3. The Morgan fingerprint density at radius 1 is 1.24 bits per heavy atom. The maximum Gasteiger partial charge on any atom is 0.232 e. The lowest BCUT2D eigenvalue weighted by Gasteiger charge is -2.31. The number of anilines is 1. The summed E-state index contributed by atoms with van der Waals surface area (Å²) in [5, 5.41) is 15.4. The molecule has 34 heavy (non-hydrogen) atoms. The summed E-state index contributed by atoms with van der Waals surface area (Å²) in [7, 11) is 1.90. The van der Waals surface area contributed by atoms with Crippen molar-refractivity contribution in [1.29, 1.82) is 5.26 Å². The van der Waals surface area contributed by atoms with E-state index in [1.807, 2.05) is 61.3 Å². The van der Waals surface area contributed by atoms with Gasteiger partial charge < -0.3 is 10.2 Å². The average molecular weight is 511 g/mol. The number of halogens is 1. The smallest absolute Gasteiger partial charge is 0.232 e. The lowest BCUT2D eigenvalue weighted by Crippen LogP contribution is -2.39. The van der Waals surface area contributed by atoms with Gasteiger partial charge in [0.2, 0.25) is 5.91 Å². The van der Waals surface area contributed by atoms with Crippen molar-refractivity contribution in [2.45, 2.75) is 45.1 Å². The number of fused-ring (bicyclic) bond motifs is 1. The summed E-state index contributed by atoms with van der Waals surface area (Å²) in [5.41, 5.74) is 2.97. The highest BCUT2D eigenvalue weighted by molar-refractivity contribution is 8.04. The first-order valence-corrected chi connectivity index (χ1v) is 13.6. The Morgan fingerprint density at radius 3 is 2.74 bits per heavy atom. The maximum absolute atomic E-state index is 13.0. The molecule has 0 unspecified atom stereocenters. The maximum atomic E-state index is 13.0. The molecule has 1 amide bonds. The first-order chi connectivity index (χ1) is 16.5. The number of carbonyl (C=O) groups excluding carboxylic acids is 1. The molecule has 5 nitrogen and oxygen atoms in total. The first kappa shape index (κ1) is 24.6. The van der Waals surface area contributed by atoms with E-state index in [9.17, 15) is 10.1 Å². The van der Waals surface area contributed by atoms with E-state index in [2.05, 4.69) is 16.4 Å². The number of thiazole rings is 1. The lowest BCUT2D eigenvalue weighted by molar-refractivity contribution is -0.129. The quantitative estimate of drug-likeness (QED) is 0.344. The number of nitriles is 1. The van der Waals surface area contributed by atoms with Gasteiger partial charge in [-0.15, -0.1) is 11.3 Å². The van der Waals surface area contributed by atoms with Crippen LogP contribution in [0.5, 0.6) is 0 Å². The van der Waals surface area contributed by atoms with E-state index in [1.165, 1.54) is 42.4 Å². The Labute approximate surface area is 213 Å². The van der Waals surface area contributed by atoms with Crippen molar-refractivity contribution in [2.24, 2.45) is 0 Å². The number of hydrogen-bond acceptors (Lipinski definition) is 6. The van der Waals surface area contributed by atoms with Crippen LogP contribution in [0.4, 0.5) is 5.69 Å². The second-order valence-electron chi connectivity index (χ2n) is 8.43. The Morgan fingerprint density at radius 2 is 2.00 bits per heavy atom. The largest absolute Gasteiger partial charge is 0.349 e. The lowest BCUT2D eigenvalue weighted by atomic mass is 9.94. The summed E-state index contributed by atoms with van der Waals surface area (Å²) in [6.07, 6.45) is 5.71. The molecule has 1 aliphatic rings. The summed E-state index contributed by atoms with van der Waals surface area (Å²) in [6.45, 7) is 1.93. The fraction of sp³-hybridized carbons (Fsp3) is 0.346. The molecular weight excluding hydrogens is 484 g/mol. The fourth-order valence-electron chi connectivity index (χ4n) is 4.12. The first-order valence-electron chi connectivity index (χ1n) is 11.4. The van der Waals surface area contributed by atoms with Crippen molar-refractivity contribution in [2.75, 3.05) is 18.1 Å². The van der Waals surface area contributed by atoms with Gasteiger partial charge in [-0.3, -0.25) is 4.79 Å². The van der Waals surface area contributed by atoms with Crippen LogP contribution in [-0.4, -0.2) is 34.6 Å². The van der Waals surface area contributed by atoms with Gasteiger partial charge >= 0.3 is 0 Å². The molecule has 0 saturated heterocycles. The third-order valence-electron chi connectivity index (χ3n) is 6.22. The van der Waals surface area contributed by atoms with Crippen LogP contribution in [0.25, 0.3) is 15.8 Å². The molecule has 0 atom stereocenters. The third kappa shape index (κ3) is 5.57. The summed E-state index contributed by atoms with van der Waals surface area (Å²) in [6, 6.07) is 16.1. The highest BCUT2D eigenvalue weighted by Gasteiger charge is 2.23. The van der Waals surface area contributed by atoms with Gasteiger partial charge in [0, 0.05) is 23.8 Å².